The van der Waals surface area contributed by atoms with Gasteiger partial charge >= 0.3 is 6.18 Å². The summed E-state index contributed by atoms with van der Waals surface area (Å²) in [7, 11) is 0. The van der Waals surface area contributed by atoms with Gasteiger partial charge < -0.3 is 25.4 Å². The predicted molar refractivity (Wildman–Crippen MR) is 136 cm³/mol. The normalized spacial score (nSPS) is 23.6. The van der Waals surface area contributed by atoms with Crippen LogP contribution in [0.2, 0.25) is 0 Å². The second-order valence-corrected chi connectivity index (χ2v) is 9.99. The first-order valence-electron chi connectivity index (χ1n) is 12.3. The molecule has 0 bridgehead atoms. The molecule has 0 aliphatic carbocycles. The number of aromatic nitrogens is 1. The Morgan fingerprint density at radius 1 is 1.31 bits per heavy atom. The number of rotatable bonds is 9. The molecule has 216 valence electrons. The fraction of sp³-hybridized carbons (Fsp3) is 0.625. The number of aliphatic hydroxyl groups excluding tert-OH is 1. The molecule has 0 saturated carbocycles. The molecule has 15 heteroatoms. The molecule has 1 aromatic heterocycles. The lowest BCUT2D eigenvalue weighted by Crippen LogP contribution is -2.47. The molecule has 0 spiro atoms. The summed E-state index contributed by atoms with van der Waals surface area (Å²) in [5.74, 6) is -1.77. The van der Waals surface area contributed by atoms with E-state index in [0.717, 1.165) is 19.2 Å². The monoisotopic (exact) mass is 579 g/mol. The highest BCUT2D eigenvalue weighted by Crippen LogP contribution is 2.30. The first-order valence-corrected chi connectivity index (χ1v) is 12.7. The van der Waals surface area contributed by atoms with E-state index >= 15 is 0 Å². The minimum atomic E-state index is -4.64. The summed E-state index contributed by atoms with van der Waals surface area (Å²) >= 11 is 5.44. The number of hydrogen-bond acceptors (Lipinski definition) is 8. The summed E-state index contributed by atoms with van der Waals surface area (Å²) < 4.78 is 72.0. The molecule has 2 saturated heterocycles. The fourth-order valence-electron chi connectivity index (χ4n) is 4.24. The highest BCUT2D eigenvalue weighted by atomic mass is 32.1. The Morgan fingerprint density at radius 2 is 2.00 bits per heavy atom. The highest BCUT2D eigenvalue weighted by Gasteiger charge is 2.38. The zero-order chi connectivity index (χ0) is 29.1. The Bertz CT molecular complexity index is 1120. The van der Waals surface area contributed by atoms with Gasteiger partial charge in [-0.25, -0.2) is 13.8 Å². The summed E-state index contributed by atoms with van der Waals surface area (Å²) in [4.78, 5) is 35.4. The molecular weight excluding hydrogens is 549 g/mol. The van der Waals surface area contributed by atoms with Crippen LogP contribution < -0.4 is 10.6 Å². The van der Waals surface area contributed by atoms with Crippen LogP contribution in [-0.4, -0.2) is 93.6 Å². The number of hydrogen-bond donors (Lipinski definition) is 3. The predicted octanol–water partition coefficient (Wildman–Crippen LogP) is 2.82. The number of likely N-dealkylation sites (tertiary alicyclic amines) is 1. The van der Waals surface area contributed by atoms with Gasteiger partial charge in [0.1, 0.15) is 11.9 Å². The van der Waals surface area contributed by atoms with Gasteiger partial charge in [-0.1, -0.05) is 12.2 Å². The molecule has 3 heterocycles. The van der Waals surface area contributed by atoms with Gasteiger partial charge in [-0.2, -0.15) is 13.2 Å². The van der Waals surface area contributed by atoms with Gasteiger partial charge in [0, 0.05) is 29.9 Å². The summed E-state index contributed by atoms with van der Waals surface area (Å²) in [6, 6.07) is -3.74. The molecule has 2 aliphatic rings. The third kappa shape index (κ3) is 7.45. The summed E-state index contributed by atoms with van der Waals surface area (Å²) in [5.41, 5.74) is -1.26. The third-order valence-electron chi connectivity index (χ3n) is 6.63. The maximum Gasteiger partial charge on any atom is 0.408 e. The fourth-order valence-corrected chi connectivity index (χ4v) is 4.56. The largest absolute Gasteiger partial charge is 0.408 e. The molecule has 3 N–H and O–H groups in total. The number of thiocarbonyl (C=S) groups is 1. The average Bonchev–Trinajstić information content (AvgIpc) is 3.48. The van der Waals surface area contributed by atoms with Crippen molar-refractivity contribution in [1.29, 1.82) is 0 Å². The zero-order valence-electron chi connectivity index (χ0n) is 21.5. The standard InChI is InChI=1S/C24H30F5N5O4S/c1-11-5-4-6-34(11)23(37)19(31-12(2)22(36)33-16-9-38-10-17(16)35)20(39)15-8-30-18(7-14(15)21(25)26)32-13(3)24(27,28)29/h7-8,11,13,16-17,19,21,35H,4-6,9-10H2,1-3H3,(H,30,32)(H,33,36)/t11-,13-,16-,17+,19?/m0/s1. The van der Waals surface area contributed by atoms with Gasteiger partial charge in [0.15, 0.2) is 6.04 Å². The number of halogens is 5. The third-order valence-corrected chi connectivity index (χ3v) is 7.07. The number of aliphatic imine (C=N–C) groups is 1. The van der Waals surface area contributed by atoms with Crippen molar-refractivity contribution >= 4 is 40.4 Å². The van der Waals surface area contributed by atoms with Gasteiger partial charge in [0.2, 0.25) is 0 Å². The topological polar surface area (TPSA) is 116 Å². The molecule has 2 amide bonds. The van der Waals surface area contributed by atoms with Crippen LogP contribution in [0, 0.1) is 0 Å². The summed E-state index contributed by atoms with van der Waals surface area (Å²) in [6.45, 7) is 4.42. The van der Waals surface area contributed by atoms with Crippen molar-refractivity contribution in [2.75, 3.05) is 25.1 Å². The molecular formula is C24H30F5N5O4S. The number of carbonyl (C=O) groups excluding carboxylic acids is 2. The average molecular weight is 580 g/mol. The van der Waals surface area contributed by atoms with E-state index in [-0.39, 0.29) is 35.4 Å². The first kappa shape index (κ1) is 30.8. The smallest absolute Gasteiger partial charge is 0.388 e. The second kappa shape index (κ2) is 12.6. The zero-order valence-corrected chi connectivity index (χ0v) is 22.3. The lowest BCUT2D eigenvalue weighted by Gasteiger charge is -2.26. The van der Waals surface area contributed by atoms with Crippen LogP contribution in [0.5, 0.6) is 0 Å². The van der Waals surface area contributed by atoms with Crippen LogP contribution in [0.15, 0.2) is 17.3 Å². The first-order chi connectivity index (χ1) is 18.2. The number of nitrogens with one attached hydrogen (secondary N) is 2. The second-order valence-electron chi connectivity index (χ2n) is 9.55. The van der Waals surface area contributed by atoms with Crippen LogP contribution in [0.1, 0.15) is 51.2 Å². The lowest BCUT2D eigenvalue weighted by molar-refractivity contribution is -0.138. The van der Waals surface area contributed by atoms with Crippen LogP contribution in [0.25, 0.3) is 0 Å². The maximum atomic E-state index is 14.1. The molecule has 0 aromatic carbocycles. The quantitative estimate of drug-likeness (QED) is 0.178. The van der Waals surface area contributed by atoms with E-state index in [4.69, 9.17) is 17.0 Å². The molecule has 9 nitrogen and oxygen atoms in total. The van der Waals surface area contributed by atoms with Crippen molar-refractivity contribution in [1.82, 2.24) is 15.2 Å². The molecule has 1 aromatic rings. The van der Waals surface area contributed by atoms with E-state index in [9.17, 15) is 36.6 Å². The van der Waals surface area contributed by atoms with Crippen molar-refractivity contribution in [2.45, 2.75) is 76.5 Å². The van der Waals surface area contributed by atoms with Crippen molar-refractivity contribution < 1.29 is 41.4 Å². The number of carbonyl (C=O) groups is 2. The highest BCUT2D eigenvalue weighted by molar-refractivity contribution is 7.81. The van der Waals surface area contributed by atoms with Crippen molar-refractivity contribution in [3.05, 3.63) is 23.4 Å². The van der Waals surface area contributed by atoms with Crippen LogP contribution in [-0.2, 0) is 14.3 Å². The number of aliphatic hydroxyl groups is 1. The Morgan fingerprint density at radius 3 is 2.54 bits per heavy atom. The van der Waals surface area contributed by atoms with Crippen molar-refractivity contribution in [3.8, 4) is 0 Å². The Balaban J connectivity index is 1.96. The van der Waals surface area contributed by atoms with E-state index in [1.54, 1.807) is 0 Å². The Hall–Kier alpha value is -2.78. The maximum absolute atomic E-state index is 14.1. The van der Waals surface area contributed by atoms with E-state index in [1.807, 2.05) is 12.2 Å². The number of nitrogens with zero attached hydrogens (tertiary/aromatic N) is 3. The van der Waals surface area contributed by atoms with E-state index < -0.39 is 60.0 Å². The van der Waals surface area contributed by atoms with Gasteiger partial charge in [-0.15, -0.1) is 0 Å². The molecule has 3 rings (SSSR count). The molecule has 39 heavy (non-hydrogen) atoms. The summed E-state index contributed by atoms with van der Waals surface area (Å²) in [6.07, 6.45) is -6.45. The van der Waals surface area contributed by atoms with E-state index in [2.05, 4.69) is 15.3 Å². The minimum absolute atomic E-state index is 0.0369. The molecule has 2 fully saturated rings. The van der Waals surface area contributed by atoms with E-state index in [1.165, 1.54) is 11.8 Å². The van der Waals surface area contributed by atoms with Crippen LogP contribution >= 0.6 is 12.2 Å². The van der Waals surface area contributed by atoms with Gasteiger partial charge in [0.25, 0.3) is 18.2 Å². The number of ether oxygens (including phenoxy) is 1. The molecule has 5 atom stereocenters. The van der Waals surface area contributed by atoms with Crippen molar-refractivity contribution in [3.63, 3.8) is 0 Å². The van der Waals surface area contributed by atoms with Gasteiger partial charge in [-0.05, 0) is 39.7 Å². The van der Waals surface area contributed by atoms with Crippen LogP contribution in [0.3, 0.4) is 0 Å². The summed E-state index contributed by atoms with van der Waals surface area (Å²) in [5, 5.41) is 14.5. The lowest BCUT2D eigenvalue weighted by atomic mass is 10.0. The Labute approximate surface area is 227 Å². The van der Waals surface area contributed by atoms with Crippen LogP contribution in [0.4, 0.5) is 27.8 Å². The number of amides is 2. The number of anilines is 1. The number of alkyl halides is 5. The minimum Gasteiger partial charge on any atom is -0.388 e. The SMILES string of the molecule is CC(=NC(C(=O)N1CCC[C@@H]1C)C(=S)c1cnc(N[C@@H](C)C(F)(F)F)cc1C(F)F)C(=O)N[C@H]1COC[C@H]1O. The van der Waals surface area contributed by atoms with Crippen molar-refractivity contribution in [2.24, 2.45) is 4.99 Å². The molecule has 0 radical (unpaired) electrons. The molecule has 1 unspecified atom stereocenters. The van der Waals surface area contributed by atoms with Gasteiger partial charge in [-0.3, -0.25) is 14.6 Å². The molecule has 2 aliphatic heterocycles. The number of pyridine rings is 1. The van der Waals surface area contributed by atoms with Gasteiger partial charge in [0.05, 0.1) is 35.9 Å². The Kier molecular flexibility index (Phi) is 9.93. The van der Waals surface area contributed by atoms with E-state index in [0.29, 0.717) is 19.4 Å².